The summed E-state index contributed by atoms with van der Waals surface area (Å²) in [7, 11) is 0. The summed E-state index contributed by atoms with van der Waals surface area (Å²) >= 11 is 0. The van der Waals surface area contributed by atoms with Crippen LogP contribution in [0.4, 0.5) is 0 Å². The Labute approximate surface area is 113 Å². The highest BCUT2D eigenvalue weighted by atomic mass is 16.2. The number of likely N-dealkylation sites (tertiary alicyclic amines) is 1. The molecule has 108 valence electrons. The number of imide groups is 1. The number of nitrogens with one attached hydrogen (secondary N) is 2. The number of carbonyl (C=O) groups excluding carboxylic acids is 3. The SMILES string of the molecule is CCC(C)N1C(=O)CC(NCC(=O)NC(C)C)C1=O. The van der Waals surface area contributed by atoms with Crippen LogP contribution in [-0.2, 0) is 14.4 Å². The van der Waals surface area contributed by atoms with Gasteiger partial charge in [0.2, 0.25) is 17.7 Å². The highest BCUT2D eigenvalue weighted by Gasteiger charge is 2.40. The molecular formula is C13H23N3O3. The van der Waals surface area contributed by atoms with Crippen molar-refractivity contribution in [1.82, 2.24) is 15.5 Å². The van der Waals surface area contributed by atoms with E-state index in [1.54, 1.807) is 0 Å². The van der Waals surface area contributed by atoms with Gasteiger partial charge in [-0.3, -0.25) is 24.6 Å². The second kappa shape index (κ2) is 6.65. The molecule has 2 N–H and O–H groups in total. The predicted octanol–water partition coefficient (Wildman–Crippen LogP) is 0.0266. The Hall–Kier alpha value is -1.43. The van der Waals surface area contributed by atoms with Gasteiger partial charge in [-0.05, 0) is 27.2 Å². The van der Waals surface area contributed by atoms with Crippen molar-refractivity contribution in [3.05, 3.63) is 0 Å². The maximum absolute atomic E-state index is 12.1. The molecule has 0 bridgehead atoms. The van der Waals surface area contributed by atoms with Crippen LogP contribution in [0.5, 0.6) is 0 Å². The molecular weight excluding hydrogens is 246 g/mol. The Morgan fingerprint density at radius 2 is 2.00 bits per heavy atom. The molecule has 2 unspecified atom stereocenters. The number of amides is 3. The normalized spacial score (nSPS) is 21.1. The number of hydrogen-bond acceptors (Lipinski definition) is 4. The van der Waals surface area contributed by atoms with Crippen LogP contribution in [0.2, 0.25) is 0 Å². The maximum Gasteiger partial charge on any atom is 0.247 e. The van der Waals surface area contributed by atoms with E-state index in [2.05, 4.69) is 10.6 Å². The second-order valence-electron chi connectivity index (χ2n) is 5.22. The van der Waals surface area contributed by atoms with Crippen LogP contribution in [0.3, 0.4) is 0 Å². The minimum absolute atomic E-state index is 0.0518. The lowest BCUT2D eigenvalue weighted by atomic mass is 10.2. The number of carbonyl (C=O) groups is 3. The Bertz CT molecular complexity index is 368. The zero-order valence-electron chi connectivity index (χ0n) is 12.0. The fourth-order valence-electron chi connectivity index (χ4n) is 2.05. The van der Waals surface area contributed by atoms with Crippen molar-refractivity contribution >= 4 is 17.7 Å². The van der Waals surface area contributed by atoms with E-state index < -0.39 is 6.04 Å². The molecule has 6 nitrogen and oxygen atoms in total. The lowest BCUT2D eigenvalue weighted by molar-refractivity contribution is -0.141. The molecule has 0 aromatic carbocycles. The van der Waals surface area contributed by atoms with Gasteiger partial charge in [0.1, 0.15) is 0 Å². The van der Waals surface area contributed by atoms with E-state index in [1.165, 1.54) is 4.90 Å². The number of rotatable bonds is 6. The lowest BCUT2D eigenvalue weighted by Crippen LogP contribution is -2.46. The van der Waals surface area contributed by atoms with Crippen molar-refractivity contribution in [2.45, 2.75) is 58.7 Å². The van der Waals surface area contributed by atoms with Crippen molar-refractivity contribution in [3.8, 4) is 0 Å². The van der Waals surface area contributed by atoms with E-state index in [1.807, 2.05) is 27.7 Å². The zero-order valence-corrected chi connectivity index (χ0v) is 12.0. The Balaban J connectivity index is 2.51. The summed E-state index contributed by atoms with van der Waals surface area (Å²) in [4.78, 5) is 36.6. The van der Waals surface area contributed by atoms with Crippen molar-refractivity contribution in [2.75, 3.05) is 6.54 Å². The monoisotopic (exact) mass is 269 g/mol. The third-order valence-electron chi connectivity index (χ3n) is 3.17. The van der Waals surface area contributed by atoms with E-state index >= 15 is 0 Å². The summed E-state index contributed by atoms with van der Waals surface area (Å²) < 4.78 is 0. The predicted molar refractivity (Wildman–Crippen MR) is 71.3 cm³/mol. The first-order chi connectivity index (χ1) is 8.86. The number of nitrogens with zero attached hydrogens (tertiary/aromatic N) is 1. The number of hydrogen-bond donors (Lipinski definition) is 2. The minimum Gasteiger partial charge on any atom is -0.353 e. The fourth-order valence-corrected chi connectivity index (χ4v) is 2.05. The molecule has 0 aliphatic carbocycles. The molecule has 0 aromatic rings. The summed E-state index contributed by atoms with van der Waals surface area (Å²) in [5.41, 5.74) is 0. The summed E-state index contributed by atoms with van der Waals surface area (Å²) in [5, 5.41) is 5.58. The first-order valence-corrected chi connectivity index (χ1v) is 6.75. The largest absolute Gasteiger partial charge is 0.353 e. The molecule has 6 heteroatoms. The lowest BCUT2D eigenvalue weighted by Gasteiger charge is -2.21. The van der Waals surface area contributed by atoms with E-state index in [9.17, 15) is 14.4 Å². The third-order valence-corrected chi connectivity index (χ3v) is 3.17. The van der Waals surface area contributed by atoms with Gasteiger partial charge in [0.25, 0.3) is 0 Å². The van der Waals surface area contributed by atoms with Crippen molar-refractivity contribution in [1.29, 1.82) is 0 Å². The molecule has 0 saturated carbocycles. The Morgan fingerprint density at radius 3 is 2.53 bits per heavy atom. The Morgan fingerprint density at radius 1 is 1.37 bits per heavy atom. The van der Waals surface area contributed by atoms with E-state index in [0.29, 0.717) is 0 Å². The highest BCUT2D eigenvalue weighted by molar-refractivity contribution is 6.06. The molecule has 1 heterocycles. The molecule has 1 fully saturated rings. The third kappa shape index (κ3) is 4.02. The highest BCUT2D eigenvalue weighted by Crippen LogP contribution is 2.17. The Kier molecular flexibility index (Phi) is 5.47. The smallest absolute Gasteiger partial charge is 0.247 e. The van der Waals surface area contributed by atoms with Crippen LogP contribution < -0.4 is 10.6 Å². The van der Waals surface area contributed by atoms with Gasteiger partial charge in [-0.1, -0.05) is 6.92 Å². The van der Waals surface area contributed by atoms with Crippen LogP contribution in [0.25, 0.3) is 0 Å². The van der Waals surface area contributed by atoms with Crippen LogP contribution >= 0.6 is 0 Å². The van der Waals surface area contributed by atoms with Gasteiger partial charge in [-0.15, -0.1) is 0 Å². The molecule has 3 amide bonds. The minimum atomic E-state index is -0.570. The summed E-state index contributed by atoms with van der Waals surface area (Å²) in [6.07, 6.45) is 0.871. The van der Waals surface area contributed by atoms with Gasteiger partial charge in [0.15, 0.2) is 0 Å². The molecule has 19 heavy (non-hydrogen) atoms. The standard InChI is InChI=1S/C13H23N3O3/c1-5-9(4)16-12(18)6-10(13(16)19)14-7-11(17)15-8(2)3/h8-10,14H,5-7H2,1-4H3,(H,15,17). The van der Waals surface area contributed by atoms with Gasteiger partial charge in [0, 0.05) is 12.1 Å². The van der Waals surface area contributed by atoms with E-state index in [-0.39, 0.29) is 42.8 Å². The van der Waals surface area contributed by atoms with Crippen LogP contribution in [0.1, 0.15) is 40.5 Å². The van der Waals surface area contributed by atoms with E-state index in [0.717, 1.165) is 6.42 Å². The molecule has 0 aromatic heterocycles. The summed E-state index contributed by atoms with van der Waals surface area (Å²) in [6.45, 7) is 7.57. The first kappa shape index (κ1) is 15.6. The molecule has 2 atom stereocenters. The van der Waals surface area contributed by atoms with Gasteiger partial charge < -0.3 is 5.32 Å². The zero-order chi connectivity index (χ0) is 14.6. The van der Waals surface area contributed by atoms with Crippen molar-refractivity contribution < 1.29 is 14.4 Å². The molecule has 0 radical (unpaired) electrons. The second-order valence-corrected chi connectivity index (χ2v) is 5.22. The maximum atomic E-state index is 12.1. The first-order valence-electron chi connectivity index (χ1n) is 6.75. The molecule has 1 aliphatic rings. The van der Waals surface area contributed by atoms with Gasteiger partial charge >= 0.3 is 0 Å². The van der Waals surface area contributed by atoms with Crippen molar-refractivity contribution in [2.24, 2.45) is 0 Å². The molecule has 1 aliphatic heterocycles. The fraction of sp³-hybridized carbons (Fsp3) is 0.769. The molecule has 1 saturated heterocycles. The average Bonchev–Trinajstić information content (AvgIpc) is 2.60. The van der Waals surface area contributed by atoms with E-state index in [4.69, 9.17) is 0 Å². The topological polar surface area (TPSA) is 78.5 Å². The van der Waals surface area contributed by atoms with Gasteiger partial charge in [-0.2, -0.15) is 0 Å². The van der Waals surface area contributed by atoms with Gasteiger partial charge in [-0.25, -0.2) is 0 Å². The quantitative estimate of drug-likeness (QED) is 0.667. The average molecular weight is 269 g/mol. The molecule has 1 rings (SSSR count). The van der Waals surface area contributed by atoms with Crippen LogP contribution in [-0.4, -0.2) is 47.3 Å². The van der Waals surface area contributed by atoms with Gasteiger partial charge in [0.05, 0.1) is 19.0 Å². The van der Waals surface area contributed by atoms with Crippen LogP contribution in [0.15, 0.2) is 0 Å². The van der Waals surface area contributed by atoms with Crippen molar-refractivity contribution in [3.63, 3.8) is 0 Å². The molecule has 0 spiro atoms. The summed E-state index contributed by atoms with van der Waals surface area (Å²) in [6, 6.07) is -0.595. The van der Waals surface area contributed by atoms with Crippen LogP contribution in [0, 0.1) is 0 Å². The summed E-state index contributed by atoms with van der Waals surface area (Å²) in [5.74, 6) is -0.560.